The molecule has 0 bridgehead atoms. The average molecular weight is 236 g/mol. The Labute approximate surface area is 99.1 Å². The molecular weight excluding hydrogens is 220 g/mol. The molecule has 0 amide bonds. The maximum Gasteiger partial charge on any atom is 0.177 e. The Kier molecular flexibility index (Phi) is 3.48. The first-order chi connectivity index (χ1) is 8.20. The van der Waals surface area contributed by atoms with E-state index in [9.17, 15) is 5.11 Å². The summed E-state index contributed by atoms with van der Waals surface area (Å²) in [6.07, 6.45) is 2.38. The van der Waals surface area contributed by atoms with Crippen LogP contribution in [0.5, 0.6) is 0 Å². The lowest BCUT2D eigenvalue weighted by Crippen LogP contribution is -2.11. The van der Waals surface area contributed by atoms with Gasteiger partial charge in [-0.15, -0.1) is 10.2 Å². The number of hydrogen-bond donors (Lipinski definition) is 1. The molecule has 1 atom stereocenters. The average Bonchev–Trinajstić information content (AvgIpc) is 2.88. The van der Waals surface area contributed by atoms with Crippen molar-refractivity contribution in [3.63, 3.8) is 0 Å². The fourth-order valence-corrected chi connectivity index (χ4v) is 1.71. The topological polar surface area (TPSA) is 81.6 Å². The molecule has 0 aliphatic heterocycles. The van der Waals surface area contributed by atoms with E-state index < -0.39 is 6.10 Å². The molecule has 0 saturated carbocycles. The molecule has 0 saturated heterocycles. The second-order valence-electron chi connectivity index (χ2n) is 3.89. The van der Waals surface area contributed by atoms with E-state index in [0.29, 0.717) is 12.2 Å². The summed E-state index contributed by atoms with van der Waals surface area (Å²) in [6, 6.07) is 1.82. The Balaban J connectivity index is 2.08. The molecule has 0 aliphatic carbocycles. The van der Waals surface area contributed by atoms with Gasteiger partial charge in [-0.05, 0) is 17.7 Å². The van der Waals surface area contributed by atoms with Crippen LogP contribution in [0, 0.1) is 0 Å². The van der Waals surface area contributed by atoms with Gasteiger partial charge in [0.25, 0.3) is 0 Å². The summed E-state index contributed by atoms with van der Waals surface area (Å²) in [6.45, 7) is 2.87. The van der Waals surface area contributed by atoms with Crippen LogP contribution < -0.4 is 0 Å². The summed E-state index contributed by atoms with van der Waals surface area (Å²) >= 11 is 0. The highest BCUT2D eigenvalue weighted by molar-refractivity contribution is 5.06. The highest BCUT2D eigenvalue weighted by Crippen LogP contribution is 2.16. The van der Waals surface area contributed by atoms with Crippen molar-refractivity contribution >= 4 is 0 Å². The predicted octanol–water partition coefficient (Wildman–Crippen LogP) is 0.0927. The molecule has 1 unspecified atom stereocenters. The van der Waals surface area contributed by atoms with Crippen LogP contribution in [0.4, 0.5) is 0 Å². The monoisotopic (exact) mass is 236 g/mol. The third-order valence-electron chi connectivity index (χ3n) is 2.45. The van der Waals surface area contributed by atoms with Gasteiger partial charge >= 0.3 is 0 Å². The van der Waals surface area contributed by atoms with Crippen molar-refractivity contribution in [2.24, 2.45) is 7.05 Å². The first kappa shape index (κ1) is 11.7. The molecule has 0 aliphatic rings. The summed E-state index contributed by atoms with van der Waals surface area (Å²) in [5.74, 6) is 0.532. The van der Waals surface area contributed by atoms with Gasteiger partial charge in [-0.2, -0.15) is 9.90 Å². The zero-order chi connectivity index (χ0) is 12.3. The summed E-state index contributed by atoms with van der Waals surface area (Å²) in [5.41, 5.74) is 0.791. The van der Waals surface area contributed by atoms with Gasteiger partial charge in [-0.3, -0.25) is 4.68 Å². The van der Waals surface area contributed by atoms with E-state index in [1.807, 2.05) is 6.07 Å². The van der Waals surface area contributed by atoms with E-state index in [0.717, 1.165) is 18.7 Å². The molecule has 7 heteroatoms. The summed E-state index contributed by atoms with van der Waals surface area (Å²) in [7, 11) is 1.70. The normalized spacial score (nSPS) is 12.9. The van der Waals surface area contributed by atoms with Gasteiger partial charge in [-0.25, -0.2) is 0 Å². The number of aryl methyl sites for hydroxylation is 2. The smallest absolute Gasteiger partial charge is 0.177 e. The number of nitrogens with zero attached hydrogens (tertiary/aromatic N) is 6. The molecule has 2 rings (SSSR count). The van der Waals surface area contributed by atoms with Gasteiger partial charge in [-0.1, -0.05) is 6.92 Å². The number of aromatic nitrogens is 6. The minimum absolute atomic E-state index is 0.350. The lowest BCUT2D eigenvalue weighted by molar-refractivity contribution is 0.164. The van der Waals surface area contributed by atoms with Gasteiger partial charge < -0.3 is 5.11 Å². The number of tetrazole rings is 1. The number of aliphatic hydroxyl groups is 1. The highest BCUT2D eigenvalue weighted by atomic mass is 16.3. The number of aliphatic hydroxyl groups excluding tert-OH is 1. The summed E-state index contributed by atoms with van der Waals surface area (Å²) in [4.78, 5) is 1.38. The van der Waals surface area contributed by atoms with Crippen LogP contribution in [0.15, 0.2) is 12.3 Å². The molecule has 2 aromatic heterocycles. The Morgan fingerprint density at radius 3 is 2.94 bits per heavy atom. The Morgan fingerprint density at radius 1 is 1.47 bits per heavy atom. The van der Waals surface area contributed by atoms with E-state index in [-0.39, 0.29) is 0 Å². The minimum atomic E-state index is -0.645. The van der Waals surface area contributed by atoms with Crippen LogP contribution in [0.25, 0.3) is 0 Å². The molecule has 0 spiro atoms. The van der Waals surface area contributed by atoms with Gasteiger partial charge in [0.2, 0.25) is 0 Å². The van der Waals surface area contributed by atoms with Crippen LogP contribution in [0.1, 0.15) is 31.0 Å². The molecule has 1 N–H and O–H groups in total. The second kappa shape index (κ2) is 5.05. The molecule has 2 aromatic rings. The van der Waals surface area contributed by atoms with Crippen molar-refractivity contribution in [2.75, 3.05) is 0 Å². The van der Waals surface area contributed by atoms with Crippen LogP contribution in [0.2, 0.25) is 0 Å². The van der Waals surface area contributed by atoms with E-state index in [1.54, 1.807) is 17.9 Å². The van der Waals surface area contributed by atoms with E-state index >= 15 is 0 Å². The Hall–Kier alpha value is -1.76. The lowest BCUT2D eigenvalue weighted by Gasteiger charge is -2.10. The minimum Gasteiger partial charge on any atom is -0.386 e. The summed E-state index contributed by atoms with van der Waals surface area (Å²) < 4.78 is 1.81. The van der Waals surface area contributed by atoms with Crippen LogP contribution >= 0.6 is 0 Å². The van der Waals surface area contributed by atoms with Crippen LogP contribution in [0.3, 0.4) is 0 Å². The lowest BCUT2D eigenvalue weighted by atomic mass is 10.2. The highest BCUT2D eigenvalue weighted by Gasteiger charge is 2.16. The van der Waals surface area contributed by atoms with Crippen molar-refractivity contribution in [2.45, 2.75) is 32.4 Å². The van der Waals surface area contributed by atoms with Crippen molar-refractivity contribution in [1.82, 2.24) is 30.0 Å². The number of hydrogen-bond acceptors (Lipinski definition) is 5. The largest absolute Gasteiger partial charge is 0.386 e. The SMILES string of the molecule is CCCn1nccc1C(O)Cc1nnn(C)n1. The first-order valence-electron chi connectivity index (χ1n) is 5.63. The van der Waals surface area contributed by atoms with Crippen molar-refractivity contribution in [1.29, 1.82) is 0 Å². The van der Waals surface area contributed by atoms with Crippen LogP contribution in [-0.4, -0.2) is 35.1 Å². The standard InChI is InChI=1S/C10H16N6O/c1-3-6-16-8(4-5-11-16)9(17)7-10-12-14-15(2)13-10/h4-5,9,17H,3,6-7H2,1-2H3. The quantitative estimate of drug-likeness (QED) is 0.795. The van der Waals surface area contributed by atoms with Gasteiger partial charge in [0.1, 0.15) is 6.10 Å². The van der Waals surface area contributed by atoms with E-state index in [1.165, 1.54) is 4.80 Å². The zero-order valence-corrected chi connectivity index (χ0v) is 9.98. The predicted molar refractivity (Wildman–Crippen MR) is 60.0 cm³/mol. The molecule has 0 fully saturated rings. The van der Waals surface area contributed by atoms with Crippen molar-refractivity contribution < 1.29 is 5.11 Å². The zero-order valence-electron chi connectivity index (χ0n) is 9.98. The van der Waals surface area contributed by atoms with Crippen molar-refractivity contribution in [3.05, 3.63) is 23.8 Å². The fraction of sp³-hybridized carbons (Fsp3) is 0.600. The van der Waals surface area contributed by atoms with Gasteiger partial charge in [0.05, 0.1) is 12.7 Å². The molecule has 0 aromatic carbocycles. The van der Waals surface area contributed by atoms with E-state index in [4.69, 9.17) is 0 Å². The molecule has 0 radical (unpaired) electrons. The fourth-order valence-electron chi connectivity index (χ4n) is 1.71. The van der Waals surface area contributed by atoms with Gasteiger partial charge in [0.15, 0.2) is 5.82 Å². The van der Waals surface area contributed by atoms with Gasteiger partial charge in [0, 0.05) is 19.2 Å². The van der Waals surface area contributed by atoms with Crippen molar-refractivity contribution in [3.8, 4) is 0 Å². The van der Waals surface area contributed by atoms with E-state index in [2.05, 4.69) is 27.4 Å². The Morgan fingerprint density at radius 2 is 2.29 bits per heavy atom. The molecule has 2 heterocycles. The number of rotatable bonds is 5. The maximum absolute atomic E-state index is 10.1. The van der Waals surface area contributed by atoms with Crippen LogP contribution in [-0.2, 0) is 20.0 Å². The molecule has 92 valence electrons. The maximum atomic E-state index is 10.1. The Bertz CT molecular complexity index is 477. The molecule has 17 heavy (non-hydrogen) atoms. The first-order valence-corrected chi connectivity index (χ1v) is 5.63. The summed E-state index contributed by atoms with van der Waals surface area (Å²) in [5, 5.41) is 25.9. The third kappa shape index (κ3) is 2.68. The second-order valence-corrected chi connectivity index (χ2v) is 3.89. The molecular formula is C10H16N6O. The third-order valence-corrected chi connectivity index (χ3v) is 2.45. The molecule has 7 nitrogen and oxygen atoms in total.